The van der Waals surface area contributed by atoms with E-state index in [4.69, 9.17) is 11.1 Å². The number of amides is 2. The Balaban J connectivity index is 1.57. The van der Waals surface area contributed by atoms with Crippen molar-refractivity contribution in [1.82, 2.24) is 14.9 Å². The normalized spacial score (nSPS) is 15.0. The third kappa shape index (κ3) is 7.68. The van der Waals surface area contributed by atoms with Crippen LogP contribution in [-0.2, 0) is 33.9 Å². The number of nitrogen functional groups attached to an aromatic ring is 1. The highest BCUT2D eigenvalue weighted by Crippen LogP contribution is 2.18. The molecule has 1 fully saturated rings. The van der Waals surface area contributed by atoms with E-state index in [2.05, 4.69) is 14.8 Å². The fraction of sp³-hybridized carbons (Fsp3) is 0.292. The van der Waals surface area contributed by atoms with Gasteiger partial charge in [-0.3, -0.25) is 24.7 Å². The molecule has 1 aliphatic heterocycles. The van der Waals surface area contributed by atoms with E-state index in [1.165, 1.54) is 24.3 Å². The minimum atomic E-state index is -4.16. The molecule has 38 heavy (non-hydrogen) atoms. The fourth-order valence-corrected chi connectivity index (χ4v) is 4.87. The summed E-state index contributed by atoms with van der Waals surface area (Å²) >= 11 is 0. The number of rotatable bonds is 10. The van der Waals surface area contributed by atoms with E-state index in [0.29, 0.717) is 24.3 Å². The number of amidine groups is 1. The Bertz CT molecular complexity index is 1320. The van der Waals surface area contributed by atoms with Gasteiger partial charge in [0.15, 0.2) is 0 Å². The molecule has 0 radical (unpaired) electrons. The van der Waals surface area contributed by atoms with Gasteiger partial charge >= 0.3 is 11.9 Å². The molecule has 2 amide bonds. The van der Waals surface area contributed by atoms with Crippen molar-refractivity contribution in [2.45, 2.75) is 17.9 Å². The summed E-state index contributed by atoms with van der Waals surface area (Å²) in [6.45, 7) is 0.988. The van der Waals surface area contributed by atoms with Crippen molar-refractivity contribution in [3.05, 3.63) is 60.2 Å². The van der Waals surface area contributed by atoms with Gasteiger partial charge in [-0.25, -0.2) is 13.2 Å². The molecule has 0 unspecified atom stereocenters. The van der Waals surface area contributed by atoms with Crippen LogP contribution in [0.5, 0.6) is 0 Å². The Kier molecular flexibility index (Phi) is 9.28. The lowest BCUT2D eigenvalue weighted by Crippen LogP contribution is -2.54. The molecule has 13 nitrogen and oxygen atoms in total. The van der Waals surface area contributed by atoms with Crippen molar-refractivity contribution < 1.29 is 32.3 Å². The van der Waals surface area contributed by atoms with E-state index in [9.17, 15) is 27.6 Å². The summed E-state index contributed by atoms with van der Waals surface area (Å²) in [6, 6.07) is 12.4. The summed E-state index contributed by atoms with van der Waals surface area (Å²) in [4.78, 5) is 51.8. The Labute approximate surface area is 219 Å². The highest BCUT2D eigenvalue weighted by molar-refractivity contribution is 7.89. The van der Waals surface area contributed by atoms with Crippen molar-refractivity contribution in [2.75, 3.05) is 37.6 Å². The molecule has 0 bridgehead atoms. The second-order valence-electron chi connectivity index (χ2n) is 8.42. The van der Waals surface area contributed by atoms with Crippen LogP contribution in [0.15, 0.2) is 59.5 Å². The second-order valence-corrected chi connectivity index (χ2v) is 10.1. The Morgan fingerprint density at radius 1 is 1.08 bits per heavy atom. The molecule has 202 valence electrons. The smallest absolute Gasteiger partial charge is 0.333 e. The number of ether oxygens (including phenoxy) is 1. The van der Waals surface area contributed by atoms with Gasteiger partial charge in [0.2, 0.25) is 21.8 Å². The van der Waals surface area contributed by atoms with Gasteiger partial charge in [-0.05, 0) is 36.4 Å². The maximum atomic E-state index is 12.7. The van der Waals surface area contributed by atoms with Crippen molar-refractivity contribution >= 4 is 45.3 Å². The largest absolute Gasteiger partial charge is 0.392 e. The van der Waals surface area contributed by atoms with Gasteiger partial charge in [-0.1, -0.05) is 18.2 Å². The summed E-state index contributed by atoms with van der Waals surface area (Å²) in [7, 11) is -4.16. The average molecular weight is 545 g/mol. The maximum Gasteiger partial charge on any atom is 0.333 e. The molecule has 1 aliphatic rings. The summed E-state index contributed by atoms with van der Waals surface area (Å²) in [5.74, 6) is -2.98. The van der Waals surface area contributed by atoms with E-state index in [1.807, 2.05) is 0 Å². The zero-order valence-electron chi connectivity index (χ0n) is 20.5. The van der Waals surface area contributed by atoms with Gasteiger partial charge in [0.05, 0.1) is 18.0 Å². The van der Waals surface area contributed by atoms with Crippen LogP contribution in [0.3, 0.4) is 0 Å². The zero-order valence-corrected chi connectivity index (χ0v) is 21.4. The molecule has 2 aromatic carbocycles. The van der Waals surface area contributed by atoms with Crippen molar-refractivity contribution in [2.24, 2.45) is 5.73 Å². The minimum Gasteiger partial charge on any atom is -0.392 e. The number of nitrogens with zero attached hydrogens (tertiary/aromatic N) is 2. The van der Waals surface area contributed by atoms with E-state index in [-0.39, 0.29) is 29.7 Å². The topological polar surface area (TPSA) is 192 Å². The molecule has 1 saturated heterocycles. The second kappa shape index (κ2) is 12.4. The average Bonchev–Trinajstić information content (AvgIpc) is 2.87. The molecular formula is C24H28N6O7S. The summed E-state index contributed by atoms with van der Waals surface area (Å²) in [5, 5.41) is 9.91. The Morgan fingerprint density at radius 2 is 1.74 bits per heavy atom. The molecule has 5 N–H and O–H groups in total. The molecule has 3 rings (SSSR count). The number of carbonyl (C=O) groups excluding carboxylic acids is 4. The first-order valence-electron chi connectivity index (χ1n) is 11.5. The Hall–Kier alpha value is -4.14. The number of piperazine rings is 1. The van der Waals surface area contributed by atoms with Crippen LogP contribution in [0.25, 0.3) is 0 Å². The van der Waals surface area contributed by atoms with Crippen LogP contribution >= 0.6 is 0 Å². The van der Waals surface area contributed by atoms with Crippen LogP contribution in [0.4, 0.5) is 5.69 Å². The van der Waals surface area contributed by atoms with Gasteiger partial charge in [-0.15, -0.1) is 0 Å². The minimum absolute atomic E-state index is 0.0433. The highest BCUT2D eigenvalue weighted by atomic mass is 32.2. The molecule has 0 aromatic heterocycles. The summed E-state index contributed by atoms with van der Waals surface area (Å²) in [5.41, 5.74) is 6.63. The van der Waals surface area contributed by atoms with E-state index in [0.717, 1.165) is 6.92 Å². The predicted octanol–water partition coefficient (Wildman–Crippen LogP) is -0.828. The van der Waals surface area contributed by atoms with Gasteiger partial charge in [0.25, 0.3) is 0 Å². The van der Waals surface area contributed by atoms with Crippen LogP contribution in [0.2, 0.25) is 0 Å². The number of hydrogen-bond donors (Lipinski definition) is 4. The number of carbonyl (C=O) groups is 4. The molecule has 14 heteroatoms. The van der Waals surface area contributed by atoms with Gasteiger partial charge < -0.3 is 20.7 Å². The van der Waals surface area contributed by atoms with E-state index >= 15 is 0 Å². The molecule has 1 atom stereocenters. The number of esters is 2. The molecule has 1 heterocycles. The number of nitrogens with two attached hydrogens (primary N) is 1. The molecule has 0 spiro atoms. The number of anilines is 1. The lowest BCUT2D eigenvalue weighted by Gasteiger charge is -2.34. The molecule has 0 saturated carbocycles. The van der Waals surface area contributed by atoms with Crippen LogP contribution in [-0.4, -0.2) is 81.7 Å². The fourth-order valence-electron chi connectivity index (χ4n) is 3.67. The first-order valence-corrected chi connectivity index (χ1v) is 13.0. The Morgan fingerprint density at radius 3 is 2.32 bits per heavy atom. The molecule has 2 aromatic rings. The van der Waals surface area contributed by atoms with Crippen LogP contribution in [0.1, 0.15) is 12.5 Å². The van der Waals surface area contributed by atoms with Crippen LogP contribution < -0.4 is 20.7 Å². The van der Waals surface area contributed by atoms with E-state index < -0.39 is 40.5 Å². The summed E-state index contributed by atoms with van der Waals surface area (Å²) < 4.78 is 32.0. The SMILES string of the molecule is CC(=O)OC(=O)[C@H](CNC(=O)CN1CCN(c2ccc(C(=N)N)cc2)C(=O)C1)NS(=O)(=O)c1ccccc1. The first-order chi connectivity index (χ1) is 18.0. The van der Waals surface area contributed by atoms with Crippen molar-refractivity contribution in [1.29, 1.82) is 5.41 Å². The highest BCUT2D eigenvalue weighted by Gasteiger charge is 2.30. The van der Waals surface area contributed by atoms with Gasteiger partial charge in [0.1, 0.15) is 11.9 Å². The lowest BCUT2D eigenvalue weighted by molar-refractivity contribution is -0.159. The third-order valence-electron chi connectivity index (χ3n) is 5.54. The quantitative estimate of drug-likeness (QED) is 0.128. The first kappa shape index (κ1) is 28.4. The maximum absolute atomic E-state index is 12.7. The molecular weight excluding hydrogens is 516 g/mol. The predicted molar refractivity (Wildman–Crippen MR) is 137 cm³/mol. The van der Waals surface area contributed by atoms with Crippen LogP contribution in [0, 0.1) is 5.41 Å². The summed E-state index contributed by atoms with van der Waals surface area (Å²) in [6.07, 6.45) is 0. The van der Waals surface area contributed by atoms with E-state index in [1.54, 1.807) is 40.1 Å². The number of nitrogens with one attached hydrogen (secondary N) is 3. The zero-order chi connectivity index (χ0) is 27.9. The number of sulfonamides is 1. The monoisotopic (exact) mass is 544 g/mol. The standard InChI is InChI=1S/C24H28N6O7S/c1-16(31)37-24(34)20(28-38(35,36)19-5-3-2-4-6-19)13-27-21(32)14-29-11-12-30(22(33)15-29)18-9-7-17(8-10-18)23(25)26/h2-10,20,28H,11-15H2,1H3,(H3,25,26)(H,27,32)/t20-/m0/s1. The van der Waals surface area contributed by atoms with Gasteiger partial charge in [-0.2, -0.15) is 4.72 Å². The number of hydrogen-bond acceptors (Lipinski definition) is 9. The van der Waals surface area contributed by atoms with Crippen molar-refractivity contribution in [3.63, 3.8) is 0 Å². The lowest BCUT2D eigenvalue weighted by atomic mass is 10.1. The van der Waals surface area contributed by atoms with Gasteiger partial charge in [0, 0.05) is 37.8 Å². The molecule has 0 aliphatic carbocycles. The number of benzene rings is 2. The third-order valence-corrected chi connectivity index (χ3v) is 7.03. The van der Waals surface area contributed by atoms with Crippen molar-refractivity contribution in [3.8, 4) is 0 Å².